The van der Waals surface area contributed by atoms with Crippen LogP contribution in [0.4, 0.5) is 0 Å². The van der Waals surface area contributed by atoms with E-state index in [9.17, 15) is 4.79 Å². The maximum atomic E-state index is 11.6. The molecule has 18 heavy (non-hydrogen) atoms. The summed E-state index contributed by atoms with van der Waals surface area (Å²) >= 11 is 3.35. The van der Waals surface area contributed by atoms with E-state index in [1.807, 2.05) is 30.3 Å². The van der Waals surface area contributed by atoms with E-state index in [0.29, 0.717) is 13.0 Å². The quantitative estimate of drug-likeness (QED) is 0.630. The zero-order chi connectivity index (χ0) is 12.6. The Bertz CT molecular complexity index is 450. The summed E-state index contributed by atoms with van der Waals surface area (Å²) in [6.07, 6.45) is 0.505. The van der Waals surface area contributed by atoms with Gasteiger partial charge in [-0.15, -0.1) is 0 Å². The number of hydrogen-bond donors (Lipinski definition) is 0. The molecule has 2 aliphatic heterocycles. The summed E-state index contributed by atoms with van der Waals surface area (Å²) < 4.78 is 16.3. The van der Waals surface area contributed by atoms with Crippen LogP contribution in [0.5, 0.6) is 0 Å². The summed E-state index contributed by atoms with van der Waals surface area (Å²) in [5.41, 5.74) is 0.190. The van der Waals surface area contributed by atoms with Gasteiger partial charge < -0.3 is 14.2 Å². The molecule has 1 aromatic carbocycles. The Morgan fingerprint density at radius 3 is 2.83 bits per heavy atom. The Hall–Kier alpha value is -0.910. The van der Waals surface area contributed by atoms with Crippen LogP contribution in [0.1, 0.15) is 12.0 Å². The molecule has 3 atom stereocenters. The molecule has 0 N–H and O–H groups in total. The lowest BCUT2D eigenvalue weighted by atomic mass is 9.92. The molecule has 2 heterocycles. The van der Waals surface area contributed by atoms with Gasteiger partial charge in [0.1, 0.15) is 11.1 Å². The van der Waals surface area contributed by atoms with Crippen molar-refractivity contribution >= 4 is 21.9 Å². The van der Waals surface area contributed by atoms with E-state index in [1.54, 1.807) is 0 Å². The zero-order valence-electron chi connectivity index (χ0n) is 9.67. The Morgan fingerprint density at radius 1 is 1.39 bits per heavy atom. The van der Waals surface area contributed by atoms with Gasteiger partial charge in [-0.3, -0.25) is 0 Å². The Kier molecular flexibility index (Phi) is 3.13. The number of hydrogen-bond acceptors (Lipinski definition) is 4. The van der Waals surface area contributed by atoms with Crippen molar-refractivity contribution in [2.45, 2.75) is 29.7 Å². The molecular weight excluding hydrogens is 300 g/mol. The maximum Gasteiger partial charge on any atom is 0.345 e. The molecule has 5 heteroatoms. The monoisotopic (exact) mass is 312 g/mol. The van der Waals surface area contributed by atoms with Crippen molar-refractivity contribution in [3.63, 3.8) is 0 Å². The Labute approximate surface area is 113 Å². The smallest absolute Gasteiger partial charge is 0.345 e. The number of benzene rings is 1. The van der Waals surface area contributed by atoms with Crippen LogP contribution in [0, 0.1) is 0 Å². The molecule has 0 amide bonds. The Morgan fingerprint density at radius 2 is 2.17 bits per heavy atom. The van der Waals surface area contributed by atoms with Gasteiger partial charge in [-0.25, -0.2) is 4.79 Å². The molecule has 2 saturated heterocycles. The summed E-state index contributed by atoms with van der Waals surface area (Å²) in [7, 11) is 0. The topological polar surface area (TPSA) is 44.8 Å². The van der Waals surface area contributed by atoms with E-state index in [1.165, 1.54) is 0 Å². The highest BCUT2D eigenvalue weighted by Gasteiger charge is 2.65. The first-order chi connectivity index (χ1) is 8.71. The first kappa shape index (κ1) is 12.1. The molecule has 4 nitrogen and oxygen atoms in total. The minimum atomic E-state index is -0.886. The first-order valence-corrected chi connectivity index (χ1v) is 6.77. The lowest BCUT2D eigenvalue weighted by Crippen LogP contribution is -2.63. The van der Waals surface area contributed by atoms with Crippen LogP contribution < -0.4 is 0 Å². The van der Waals surface area contributed by atoms with Gasteiger partial charge >= 0.3 is 5.97 Å². The second-order valence-corrected chi connectivity index (χ2v) is 5.55. The van der Waals surface area contributed by atoms with Crippen LogP contribution >= 0.6 is 15.9 Å². The van der Waals surface area contributed by atoms with Crippen molar-refractivity contribution < 1.29 is 19.0 Å². The third-order valence-corrected chi connectivity index (χ3v) is 3.84. The highest BCUT2D eigenvalue weighted by atomic mass is 79.9. The van der Waals surface area contributed by atoms with Gasteiger partial charge in [-0.2, -0.15) is 0 Å². The van der Waals surface area contributed by atoms with E-state index in [-0.39, 0.29) is 23.7 Å². The van der Waals surface area contributed by atoms with E-state index in [0.717, 1.165) is 5.56 Å². The van der Waals surface area contributed by atoms with Crippen molar-refractivity contribution in [1.29, 1.82) is 0 Å². The van der Waals surface area contributed by atoms with E-state index in [2.05, 4.69) is 15.9 Å². The number of esters is 1. The van der Waals surface area contributed by atoms with Crippen molar-refractivity contribution in [1.82, 2.24) is 0 Å². The minimum Gasteiger partial charge on any atom is -0.456 e. The molecule has 0 aliphatic carbocycles. The van der Waals surface area contributed by atoms with Gasteiger partial charge in [0.2, 0.25) is 5.60 Å². The molecular formula is C13H13BrO4. The number of halogens is 1. The standard InChI is InChI=1S/C13H13BrO4/c14-11-6-10-13(18-11,12(15)17-10)8-16-7-9-4-2-1-3-5-9/h1-5,10-11H,6-8H2/t10-,11?,13+/m0/s1. The molecule has 0 spiro atoms. The van der Waals surface area contributed by atoms with Gasteiger partial charge in [-0.05, 0) is 5.56 Å². The largest absolute Gasteiger partial charge is 0.456 e. The predicted molar refractivity (Wildman–Crippen MR) is 67.1 cm³/mol. The molecule has 96 valence electrons. The van der Waals surface area contributed by atoms with Crippen LogP contribution in [-0.4, -0.2) is 29.3 Å². The van der Waals surface area contributed by atoms with Gasteiger partial charge in [0.15, 0.2) is 0 Å². The van der Waals surface area contributed by atoms with Crippen molar-refractivity contribution in [2.75, 3.05) is 6.61 Å². The average molecular weight is 313 g/mol. The van der Waals surface area contributed by atoms with Gasteiger partial charge in [0.25, 0.3) is 0 Å². The fraction of sp³-hybridized carbons (Fsp3) is 0.462. The highest BCUT2D eigenvalue weighted by Crippen LogP contribution is 2.44. The summed E-state index contributed by atoms with van der Waals surface area (Å²) in [6, 6.07) is 9.83. The summed E-state index contributed by atoms with van der Waals surface area (Å²) in [5.74, 6) is -0.317. The highest BCUT2D eigenvalue weighted by molar-refractivity contribution is 9.09. The van der Waals surface area contributed by atoms with Gasteiger partial charge in [0, 0.05) is 6.42 Å². The molecule has 0 bridgehead atoms. The van der Waals surface area contributed by atoms with Crippen LogP contribution in [0.3, 0.4) is 0 Å². The van der Waals surface area contributed by atoms with Crippen LogP contribution in [0.2, 0.25) is 0 Å². The van der Waals surface area contributed by atoms with E-state index < -0.39 is 5.60 Å². The lowest BCUT2D eigenvalue weighted by Gasteiger charge is -2.40. The number of rotatable bonds is 4. The fourth-order valence-corrected chi connectivity index (χ4v) is 2.96. The summed E-state index contributed by atoms with van der Waals surface area (Å²) in [4.78, 5) is 11.6. The second-order valence-electron chi connectivity index (χ2n) is 4.53. The van der Waals surface area contributed by atoms with Crippen molar-refractivity contribution in [3.05, 3.63) is 35.9 Å². The molecule has 3 rings (SSSR count). The Balaban J connectivity index is 1.58. The zero-order valence-corrected chi connectivity index (χ0v) is 11.3. The van der Waals surface area contributed by atoms with Crippen LogP contribution in [-0.2, 0) is 25.6 Å². The summed E-state index contributed by atoms with van der Waals surface area (Å²) in [6.45, 7) is 0.715. The number of carbonyl (C=O) groups is 1. The normalized spacial score (nSPS) is 33.7. The van der Waals surface area contributed by atoms with Crippen molar-refractivity contribution in [3.8, 4) is 0 Å². The maximum absolute atomic E-state index is 11.6. The first-order valence-electron chi connectivity index (χ1n) is 5.85. The van der Waals surface area contributed by atoms with E-state index >= 15 is 0 Å². The number of ether oxygens (including phenoxy) is 3. The summed E-state index contributed by atoms with van der Waals surface area (Å²) in [5, 5.41) is -0.130. The van der Waals surface area contributed by atoms with Crippen LogP contribution in [0.15, 0.2) is 30.3 Å². The minimum absolute atomic E-state index is 0.130. The van der Waals surface area contributed by atoms with Gasteiger partial charge in [0.05, 0.1) is 13.2 Å². The number of carbonyl (C=O) groups excluding carboxylic acids is 1. The number of fused-ring (bicyclic) bond motifs is 1. The fourth-order valence-electron chi connectivity index (χ4n) is 2.29. The second kappa shape index (κ2) is 4.64. The van der Waals surface area contributed by atoms with E-state index in [4.69, 9.17) is 14.2 Å². The molecule has 0 radical (unpaired) electrons. The molecule has 2 aliphatic rings. The molecule has 1 aromatic rings. The third-order valence-electron chi connectivity index (χ3n) is 3.28. The lowest BCUT2D eigenvalue weighted by molar-refractivity contribution is -0.230. The van der Waals surface area contributed by atoms with Gasteiger partial charge in [-0.1, -0.05) is 46.3 Å². The number of alkyl halides is 1. The predicted octanol–water partition coefficient (Wildman–Crippen LogP) is 2.01. The molecule has 2 fully saturated rings. The van der Waals surface area contributed by atoms with Crippen LogP contribution in [0.25, 0.3) is 0 Å². The SMILES string of the molecule is O=C1O[C@H]2CC(Br)O[C@@]12COCc1ccccc1. The van der Waals surface area contributed by atoms with Crippen molar-refractivity contribution in [2.24, 2.45) is 0 Å². The third kappa shape index (κ3) is 1.96. The molecule has 0 aromatic heterocycles. The molecule has 0 saturated carbocycles. The average Bonchev–Trinajstić information content (AvgIpc) is 2.63. The molecule has 1 unspecified atom stereocenters.